The van der Waals surface area contributed by atoms with Gasteiger partial charge < -0.3 is 10.0 Å². The first kappa shape index (κ1) is 12.5. The van der Waals surface area contributed by atoms with Crippen LogP contribution in [-0.4, -0.2) is 39.5 Å². The standard InChI is InChI=1S/C13H16N2O3/c16-12(9-10-4-6-14-7-5-10)15-8-2-1-3-11(15)13(17)18/h4-7,11H,1-3,8-9H2,(H,17,18). The van der Waals surface area contributed by atoms with E-state index in [0.717, 1.165) is 18.4 Å². The molecule has 2 rings (SSSR count). The third kappa shape index (κ3) is 2.85. The van der Waals surface area contributed by atoms with E-state index in [9.17, 15) is 9.59 Å². The second-order valence-electron chi connectivity index (χ2n) is 4.47. The van der Waals surface area contributed by atoms with Gasteiger partial charge in [-0.25, -0.2) is 4.79 Å². The molecule has 1 aromatic rings. The van der Waals surface area contributed by atoms with Gasteiger partial charge in [0.05, 0.1) is 6.42 Å². The summed E-state index contributed by atoms with van der Waals surface area (Å²) in [5.74, 6) is -1.02. The van der Waals surface area contributed by atoms with E-state index in [0.29, 0.717) is 13.0 Å². The Kier molecular flexibility index (Phi) is 3.92. The van der Waals surface area contributed by atoms with E-state index in [4.69, 9.17) is 5.11 Å². The van der Waals surface area contributed by atoms with Crippen molar-refractivity contribution in [1.82, 2.24) is 9.88 Å². The molecule has 0 aromatic carbocycles. The Labute approximate surface area is 105 Å². The summed E-state index contributed by atoms with van der Waals surface area (Å²) in [6.07, 6.45) is 5.81. The summed E-state index contributed by atoms with van der Waals surface area (Å²) < 4.78 is 0. The van der Waals surface area contributed by atoms with Gasteiger partial charge in [0.2, 0.25) is 5.91 Å². The predicted molar refractivity (Wildman–Crippen MR) is 64.9 cm³/mol. The molecule has 1 aliphatic rings. The lowest BCUT2D eigenvalue weighted by atomic mass is 10.0. The highest BCUT2D eigenvalue weighted by molar-refractivity contribution is 5.85. The molecule has 0 aliphatic carbocycles. The van der Waals surface area contributed by atoms with Crippen LogP contribution in [0.4, 0.5) is 0 Å². The zero-order valence-corrected chi connectivity index (χ0v) is 10.1. The zero-order chi connectivity index (χ0) is 13.0. The van der Waals surface area contributed by atoms with Crippen LogP contribution in [-0.2, 0) is 16.0 Å². The fourth-order valence-electron chi connectivity index (χ4n) is 2.26. The highest BCUT2D eigenvalue weighted by Gasteiger charge is 2.31. The van der Waals surface area contributed by atoms with Crippen LogP contribution >= 0.6 is 0 Å². The number of rotatable bonds is 3. The van der Waals surface area contributed by atoms with Crippen molar-refractivity contribution >= 4 is 11.9 Å². The summed E-state index contributed by atoms with van der Waals surface area (Å²) in [5, 5.41) is 9.12. The number of pyridine rings is 1. The smallest absolute Gasteiger partial charge is 0.326 e. The number of carbonyl (C=O) groups is 2. The fourth-order valence-corrected chi connectivity index (χ4v) is 2.26. The molecule has 1 saturated heterocycles. The number of carboxylic acid groups (broad SMARTS) is 1. The number of hydrogen-bond acceptors (Lipinski definition) is 3. The molecule has 1 unspecified atom stereocenters. The third-order valence-corrected chi connectivity index (χ3v) is 3.21. The van der Waals surface area contributed by atoms with Crippen molar-refractivity contribution in [1.29, 1.82) is 0 Å². The van der Waals surface area contributed by atoms with Crippen molar-refractivity contribution in [3.05, 3.63) is 30.1 Å². The zero-order valence-electron chi connectivity index (χ0n) is 10.1. The summed E-state index contributed by atoms with van der Waals surface area (Å²) in [5.41, 5.74) is 0.865. The van der Waals surface area contributed by atoms with Crippen LogP contribution in [0.3, 0.4) is 0 Å². The van der Waals surface area contributed by atoms with E-state index >= 15 is 0 Å². The Hall–Kier alpha value is -1.91. The van der Waals surface area contributed by atoms with Crippen LogP contribution in [0.25, 0.3) is 0 Å². The average molecular weight is 248 g/mol. The molecule has 5 heteroatoms. The first-order valence-electron chi connectivity index (χ1n) is 6.09. The van der Waals surface area contributed by atoms with Gasteiger partial charge in [0.25, 0.3) is 0 Å². The van der Waals surface area contributed by atoms with Crippen molar-refractivity contribution in [2.75, 3.05) is 6.54 Å². The first-order valence-corrected chi connectivity index (χ1v) is 6.09. The number of carboxylic acids is 1. The van der Waals surface area contributed by atoms with Crippen LogP contribution < -0.4 is 0 Å². The Morgan fingerprint density at radius 3 is 2.72 bits per heavy atom. The summed E-state index contributed by atoms with van der Waals surface area (Å²) in [6.45, 7) is 0.543. The molecule has 2 heterocycles. The molecule has 1 atom stereocenters. The van der Waals surface area contributed by atoms with Crippen LogP contribution in [0.2, 0.25) is 0 Å². The van der Waals surface area contributed by atoms with Crippen LogP contribution in [0.1, 0.15) is 24.8 Å². The summed E-state index contributed by atoms with van der Waals surface area (Å²) in [4.78, 5) is 28.6. The predicted octanol–water partition coefficient (Wildman–Crippen LogP) is 1.09. The lowest BCUT2D eigenvalue weighted by molar-refractivity contribution is -0.151. The second kappa shape index (κ2) is 5.62. The summed E-state index contributed by atoms with van der Waals surface area (Å²) in [7, 11) is 0. The van der Waals surface area contributed by atoms with Crippen LogP contribution in [0, 0.1) is 0 Å². The van der Waals surface area contributed by atoms with Crippen molar-refractivity contribution < 1.29 is 14.7 Å². The lowest BCUT2D eigenvalue weighted by Crippen LogP contribution is -2.48. The monoisotopic (exact) mass is 248 g/mol. The van der Waals surface area contributed by atoms with Gasteiger partial charge in [-0.3, -0.25) is 9.78 Å². The molecule has 1 N–H and O–H groups in total. The minimum absolute atomic E-state index is 0.117. The first-order chi connectivity index (χ1) is 8.68. The van der Waals surface area contributed by atoms with E-state index in [1.807, 2.05) is 0 Å². The normalized spacial score (nSPS) is 19.6. The minimum atomic E-state index is -0.905. The number of amides is 1. The highest BCUT2D eigenvalue weighted by atomic mass is 16.4. The summed E-state index contributed by atoms with van der Waals surface area (Å²) in [6, 6.07) is 2.89. The molecule has 0 spiro atoms. The van der Waals surface area contributed by atoms with Gasteiger partial charge >= 0.3 is 5.97 Å². The van der Waals surface area contributed by atoms with Crippen LogP contribution in [0.5, 0.6) is 0 Å². The quantitative estimate of drug-likeness (QED) is 0.869. The van der Waals surface area contributed by atoms with E-state index in [1.165, 1.54) is 4.90 Å². The molecule has 1 fully saturated rings. The molecule has 0 bridgehead atoms. The van der Waals surface area contributed by atoms with Gasteiger partial charge in [0.15, 0.2) is 0 Å². The number of aromatic nitrogens is 1. The van der Waals surface area contributed by atoms with Crippen LogP contribution in [0.15, 0.2) is 24.5 Å². The molecule has 18 heavy (non-hydrogen) atoms. The maximum absolute atomic E-state index is 12.1. The molecule has 1 amide bonds. The number of piperidine rings is 1. The molecular weight excluding hydrogens is 232 g/mol. The van der Waals surface area contributed by atoms with Crippen molar-refractivity contribution in [3.63, 3.8) is 0 Å². The second-order valence-corrected chi connectivity index (χ2v) is 4.47. The van der Waals surface area contributed by atoms with Crippen molar-refractivity contribution in [3.8, 4) is 0 Å². The maximum atomic E-state index is 12.1. The Morgan fingerprint density at radius 1 is 1.33 bits per heavy atom. The molecule has 96 valence electrons. The van der Waals surface area contributed by atoms with Gasteiger partial charge in [-0.2, -0.15) is 0 Å². The third-order valence-electron chi connectivity index (χ3n) is 3.21. The van der Waals surface area contributed by atoms with Gasteiger partial charge in [0, 0.05) is 18.9 Å². The number of hydrogen-bond donors (Lipinski definition) is 1. The Bertz CT molecular complexity index is 433. The van der Waals surface area contributed by atoms with Gasteiger partial charge in [-0.1, -0.05) is 0 Å². The molecular formula is C13H16N2O3. The molecule has 0 saturated carbocycles. The highest BCUT2D eigenvalue weighted by Crippen LogP contribution is 2.18. The van der Waals surface area contributed by atoms with Gasteiger partial charge in [-0.15, -0.1) is 0 Å². The topological polar surface area (TPSA) is 70.5 Å². The number of nitrogens with zero attached hydrogens (tertiary/aromatic N) is 2. The average Bonchev–Trinajstić information content (AvgIpc) is 2.40. The molecule has 1 aromatic heterocycles. The summed E-state index contributed by atoms with van der Waals surface area (Å²) >= 11 is 0. The maximum Gasteiger partial charge on any atom is 0.326 e. The molecule has 1 aliphatic heterocycles. The minimum Gasteiger partial charge on any atom is -0.480 e. The van der Waals surface area contributed by atoms with Gasteiger partial charge in [0.1, 0.15) is 6.04 Å². The Morgan fingerprint density at radius 2 is 2.06 bits per heavy atom. The van der Waals surface area contributed by atoms with E-state index in [2.05, 4.69) is 4.98 Å². The molecule has 0 radical (unpaired) electrons. The Balaban J connectivity index is 2.05. The SMILES string of the molecule is O=C(O)C1CCCCN1C(=O)Cc1ccncc1. The fraction of sp³-hybridized carbons (Fsp3) is 0.462. The van der Waals surface area contributed by atoms with E-state index in [-0.39, 0.29) is 12.3 Å². The number of likely N-dealkylation sites (tertiary alicyclic amines) is 1. The van der Waals surface area contributed by atoms with Gasteiger partial charge in [-0.05, 0) is 37.0 Å². The van der Waals surface area contributed by atoms with E-state index in [1.54, 1.807) is 24.5 Å². The van der Waals surface area contributed by atoms with Crippen molar-refractivity contribution in [2.45, 2.75) is 31.7 Å². The lowest BCUT2D eigenvalue weighted by Gasteiger charge is -2.33. The number of aliphatic carboxylic acids is 1. The number of carbonyl (C=O) groups excluding carboxylic acids is 1. The largest absolute Gasteiger partial charge is 0.480 e. The van der Waals surface area contributed by atoms with E-state index < -0.39 is 12.0 Å². The molecule has 5 nitrogen and oxygen atoms in total. The van der Waals surface area contributed by atoms with Crippen molar-refractivity contribution in [2.24, 2.45) is 0 Å².